The number of hydrogen-bond donors (Lipinski definition) is 3. The summed E-state index contributed by atoms with van der Waals surface area (Å²) in [6, 6.07) is -0.628. The smallest absolute Gasteiger partial charge is 0.305 e. The summed E-state index contributed by atoms with van der Waals surface area (Å²) in [5.74, 6) is -0.0547. The third kappa shape index (κ3) is 63.5. The zero-order chi connectivity index (χ0) is 56.4. The number of aliphatic hydroxyl groups is 2. The molecule has 6 nitrogen and oxygen atoms in total. The maximum Gasteiger partial charge on any atom is 0.305 e. The predicted octanol–water partition coefficient (Wildman–Crippen LogP) is 22.9. The lowest BCUT2D eigenvalue weighted by molar-refractivity contribution is -0.143. The third-order valence-corrected chi connectivity index (χ3v) is 16.7. The molecule has 0 heterocycles. The normalized spacial score (nSPS) is 12.6. The summed E-state index contributed by atoms with van der Waals surface area (Å²) < 4.78 is 5.49. The molecular weight excluding hydrogens is 959 g/mol. The largest absolute Gasteiger partial charge is 0.466 e. The first-order chi connectivity index (χ1) is 38.5. The van der Waals surface area contributed by atoms with E-state index in [1.165, 1.54) is 327 Å². The molecule has 0 aliphatic heterocycles. The minimum atomic E-state index is -0.845. The molecule has 2 atom stereocenters. The van der Waals surface area contributed by atoms with Gasteiger partial charge in [0, 0.05) is 12.8 Å². The van der Waals surface area contributed by atoms with E-state index in [1.807, 2.05) is 6.08 Å². The molecule has 78 heavy (non-hydrogen) atoms. The van der Waals surface area contributed by atoms with Gasteiger partial charge in [-0.1, -0.05) is 353 Å². The molecule has 0 aromatic rings. The standard InChI is InChI=1S/C72H139NO5/c1-3-5-7-9-11-13-15-17-19-20-21-22-27-30-33-37-40-44-48-52-56-60-64-70(75)69(68-74)73-71(76)65-61-57-53-49-45-41-38-34-31-28-25-23-24-26-29-32-35-39-43-47-51-55-59-63-67-78-72(77)66-62-58-54-50-46-42-36-18-16-14-12-10-8-6-4-2/h18,36,60,64,69-70,74-75H,3-17,19-35,37-59,61-63,65-68H2,1-2H3,(H,73,76)/b36-18-,64-60+. The molecule has 0 aliphatic rings. The topological polar surface area (TPSA) is 95.9 Å². The van der Waals surface area contributed by atoms with Gasteiger partial charge < -0.3 is 20.3 Å². The summed E-state index contributed by atoms with van der Waals surface area (Å²) in [5, 5.41) is 23.3. The Bertz CT molecular complexity index is 1220. The molecule has 0 bridgehead atoms. The minimum Gasteiger partial charge on any atom is -0.466 e. The number of rotatable bonds is 67. The van der Waals surface area contributed by atoms with Crippen LogP contribution in [-0.4, -0.2) is 47.4 Å². The van der Waals surface area contributed by atoms with Crippen LogP contribution >= 0.6 is 0 Å². The zero-order valence-corrected chi connectivity index (χ0v) is 52.9. The maximum atomic E-state index is 12.5. The molecule has 0 saturated carbocycles. The molecule has 6 heteroatoms. The fourth-order valence-corrected chi connectivity index (χ4v) is 11.3. The summed E-state index contributed by atoms with van der Waals surface area (Å²) in [5.41, 5.74) is 0. The van der Waals surface area contributed by atoms with E-state index in [0.717, 1.165) is 44.9 Å². The number of nitrogens with one attached hydrogen (secondary N) is 1. The number of allylic oxidation sites excluding steroid dienone is 3. The van der Waals surface area contributed by atoms with Crippen molar-refractivity contribution in [2.75, 3.05) is 13.2 Å². The van der Waals surface area contributed by atoms with Crippen LogP contribution in [0, 0.1) is 0 Å². The van der Waals surface area contributed by atoms with Gasteiger partial charge in [-0.2, -0.15) is 0 Å². The van der Waals surface area contributed by atoms with Crippen LogP contribution in [0.5, 0.6) is 0 Å². The predicted molar refractivity (Wildman–Crippen MR) is 343 cm³/mol. The Morgan fingerprint density at radius 1 is 0.346 bits per heavy atom. The molecule has 0 spiro atoms. The monoisotopic (exact) mass is 1100 g/mol. The number of unbranched alkanes of at least 4 members (excludes halogenated alkanes) is 54. The Kier molecular flexibility index (Phi) is 66.4. The summed E-state index contributed by atoms with van der Waals surface area (Å²) >= 11 is 0. The van der Waals surface area contributed by atoms with Crippen molar-refractivity contribution in [3.63, 3.8) is 0 Å². The van der Waals surface area contributed by atoms with Crippen LogP contribution < -0.4 is 5.32 Å². The van der Waals surface area contributed by atoms with Crippen molar-refractivity contribution in [1.82, 2.24) is 5.32 Å². The molecular formula is C72H139NO5. The Morgan fingerprint density at radius 2 is 0.603 bits per heavy atom. The average molecular weight is 1100 g/mol. The Hall–Kier alpha value is -1.66. The molecule has 0 aromatic carbocycles. The first-order valence-electron chi connectivity index (χ1n) is 35.6. The van der Waals surface area contributed by atoms with Gasteiger partial charge in [0.2, 0.25) is 5.91 Å². The van der Waals surface area contributed by atoms with Gasteiger partial charge in [0.05, 0.1) is 25.4 Å². The van der Waals surface area contributed by atoms with Crippen molar-refractivity contribution in [2.45, 2.75) is 411 Å². The number of carbonyl (C=O) groups excluding carboxylic acids is 2. The van der Waals surface area contributed by atoms with Gasteiger partial charge in [-0.25, -0.2) is 0 Å². The summed E-state index contributed by atoms with van der Waals surface area (Å²) in [6.45, 7) is 4.93. The maximum absolute atomic E-state index is 12.5. The van der Waals surface area contributed by atoms with Crippen molar-refractivity contribution < 1.29 is 24.5 Å². The zero-order valence-electron chi connectivity index (χ0n) is 52.9. The van der Waals surface area contributed by atoms with Gasteiger partial charge >= 0.3 is 5.97 Å². The van der Waals surface area contributed by atoms with Gasteiger partial charge in [0.15, 0.2) is 0 Å². The Labute approximate surface area is 488 Å². The summed E-state index contributed by atoms with van der Waals surface area (Å²) in [4.78, 5) is 24.6. The van der Waals surface area contributed by atoms with Crippen molar-refractivity contribution in [1.29, 1.82) is 0 Å². The van der Waals surface area contributed by atoms with E-state index in [0.29, 0.717) is 19.4 Å². The fraction of sp³-hybridized carbons (Fsp3) is 0.917. The van der Waals surface area contributed by atoms with E-state index in [1.54, 1.807) is 6.08 Å². The van der Waals surface area contributed by atoms with Crippen molar-refractivity contribution in [3.8, 4) is 0 Å². The number of esters is 1. The lowest BCUT2D eigenvalue weighted by Gasteiger charge is -2.20. The Balaban J connectivity index is 3.39. The number of ether oxygens (including phenoxy) is 1. The van der Waals surface area contributed by atoms with E-state index in [4.69, 9.17) is 4.74 Å². The molecule has 0 rings (SSSR count). The number of aliphatic hydroxyl groups excluding tert-OH is 2. The van der Waals surface area contributed by atoms with E-state index < -0.39 is 12.1 Å². The quantitative estimate of drug-likeness (QED) is 0.0320. The lowest BCUT2D eigenvalue weighted by atomic mass is 10.0. The highest BCUT2D eigenvalue weighted by Crippen LogP contribution is 2.19. The second kappa shape index (κ2) is 67.8. The molecule has 462 valence electrons. The van der Waals surface area contributed by atoms with Crippen LogP contribution in [0.1, 0.15) is 399 Å². The number of amides is 1. The average Bonchev–Trinajstić information content (AvgIpc) is 3.44. The second-order valence-electron chi connectivity index (χ2n) is 24.6. The first-order valence-corrected chi connectivity index (χ1v) is 35.6. The molecule has 0 aromatic heterocycles. The molecule has 0 saturated heterocycles. The van der Waals surface area contributed by atoms with Gasteiger partial charge in [0.25, 0.3) is 0 Å². The highest BCUT2D eigenvalue weighted by atomic mass is 16.5. The molecule has 0 radical (unpaired) electrons. The number of hydrogen-bond acceptors (Lipinski definition) is 5. The minimum absolute atomic E-state index is 0.00789. The first kappa shape index (κ1) is 76.3. The van der Waals surface area contributed by atoms with E-state index >= 15 is 0 Å². The highest BCUT2D eigenvalue weighted by molar-refractivity contribution is 5.76. The van der Waals surface area contributed by atoms with Gasteiger partial charge in [0.1, 0.15) is 0 Å². The van der Waals surface area contributed by atoms with Gasteiger partial charge in [-0.3, -0.25) is 9.59 Å². The molecule has 1 amide bonds. The molecule has 2 unspecified atom stereocenters. The molecule has 3 N–H and O–H groups in total. The van der Waals surface area contributed by atoms with Crippen LogP contribution in [0.4, 0.5) is 0 Å². The van der Waals surface area contributed by atoms with E-state index in [2.05, 4.69) is 31.3 Å². The fourth-order valence-electron chi connectivity index (χ4n) is 11.3. The van der Waals surface area contributed by atoms with Crippen LogP contribution in [0.25, 0.3) is 0 Å². The lowest BCUT2D eigenvalue weighted by Crippen LogP contribution is -2.45. The molecule has 0 fully saturated rings. The van der Waals surface area contributed by atoms with Crippen LogP contribution in [-0.2, 0) is 14.3 Å². The number of carbonyl (C=O) groups is 2. The van der Waals surface area contributed by atoms with Crippen LogP contribution in [0.2, 0.25) is 0 Å². The van der Waals surface area contributed by atoms with Gasteiger partial charge in [-0.15, -0.1) is 0 Å². The third-order valence-electron chi connectivity index (χ3n) is 16.7. The highest BCUT2D eigenvalue weighted by Gasteiger charge is 2.18. The summed E-state index contributed by atoms with van der Waals surface area (Å²) in [6.07, 6.45) is 85.4. The van der Waals surface area contributed by atoms with E-state index in [-0.39, 0.29) is 18.5 Å². The van der Waals surface area contributed by atoms with Gasteiger partial charge in [-0.05, 0) is 57.8 Å². The van der Waals surface area contributed by atoms with Crippen molar-refractivity contribution in [3.05, 3.63) is 24.3 Å². The molecule has 0 aliphatic carbocycles. The van der Waals surface area contributed by atoms with Crippen LogP contribution in [0.15, 0.2) is 24.3 Å². The second-order valence-corrected chi connectivity index (χ2v) is 24.6. The van der Waals surface area contributed by atoms with Crippen molar-refractivity contribution in [2.24, 2.45) is 0 Å². The summed E-state index contributed by atoms with van der Waals surface area (Å²) in [7, 11) is 0. The van der Waals surface area contributed by atoms with E-state index in [9.17, 15) is 19.8 Å². The Morgan fingerprint density at radius 3 is 0.910 bits per heavy atom. The van der Waals surface area contributed by atoms with Crippen LogP contribution in [0.3, 0.4) is 0 Å². The van der Waals surface area contributed by atoms with Crippen molar-refractivity contribution >= 4 is 11.9 Å². The SMILES string of the molecule is CCCCCCCC/C=C\CCCCCCCC(=O)OCCCCCCCCCCCCCCCCCCCCCCCCCCC(=O)NC(CO)C(O)/C=C/CCCCCCCCCCCCCCCCCCCCCC.